The molecule has 2 bridgehead atoms. The first-order valence-corrected chi connectivity index (χ1v) is 10.3. The summed E-state index contributed by atoms with van der Waals surface area (Å²) in [6.07, 6.45) is 3.19. The maximum absolute atomic E-state index is 12.7. The Balaban J connectivity index is 1.89. The average molecular weight is 386 g/mol. The van der Waals surface area contributed by atoms with Crippen molar-refractivity contribution in [2.24, 2.45) is 28.6 Å². The molecular formula is C23H30O5. The average Bonchev–Trinajstić information content (AvgIpc) is 2.87. The first kappa shape index (κ1) is 19.3. The lowest BCUT2D eigenvalue weighted by atomic mass is 9.64. The van der Waals surface area contributed by atoms with Gasteiger partial charge in [-0.3, -0.25) is 9.59 Å². The van der Waals surface area contributed by atoms with Gasteiger partial charge in [-0.1, -0.05) is 34.6 Å². The Hall–Kier alpha value is -2.04. The van der Waals surface area contributed by atoms with Crippen LogP contribution in [-0.4, -0.2) is 28.4 Å². The molecule has 152 valence electrons. The molecule has 0 aromatic heterocycles. The highest BCUT2D eigenvalue weighted by atomic mass is 16.5. The van der Waals surface area contributed by atoms with Gasteiger partial charge < -0.3 is 14.9 Å². The number of phenolic OH excluding ortho intramolecular Hbond substituents is 2. The zero-order chi connectivity index (χ0) is 20.6. The van der Waals surface area contributed by atoms with Crippen LogP contribution in [0.25, 0.3) is 0 Å². The molecule has 3 aliphatic rings. The number of carbonyl (C=O) groups is 2. The molecule has 0 spiro atoms. The fraction of sp³-hybridized carbons (Fsp3) is 0.652. The van der Waals surface area contributed by atoms with Crippen LogP contribution in [0.3, 0.4) is 0 Å². The third kappa shape index (κ3) is 2.25. The maximum atomic E-state index is 12.7. The molecule has 0 saturated heterocycles. The van der Waals surface area contributed by atoms with Gasteiger partial charge in [0.15, 0.2) is 12.1 Å². The first-order chi connectivity index (χ1) is 13.0. The van der Waals surface area contributed by atoms with Gasteiger partial charge in [0.05, 0.1) is 5.56 Å². The van der Waals surface area contributed by atoms with Crippen LogP contribution in [0.4, 0.5) is 0 Å². The van der Waals surface area contributed by atoms with Crippen molar-refractivity contribution in [2.75, 3.05) is 0 Å². The third-order valence-corrected chi connectivity index (χ3v) is 8.23. The lowest BCUT2D eigenvalue weighted by Gasteiger charge is -2.42. The van der Waals surface area contributed by atoms with Gasteiger partial charge in [-0.25, -0.2) is 0 Å². The summed E-state index contributed by atoms with van der Waals surface area (Å²) in [6, 6.07) is 0. The Bertz CT molecular complexity index is 868. The van der Waals surface area contributed by atoms with Crippen molar-refractivity contribution in [2.45, 2.75) is 66.4 Å². The minimum atomic E-state index is -0.454. The number of aldehydes is 1. The van der Waals surface area contributed by atoms with E-state index in [1.54, 1.807) is 0 Å². The van der Waals surface area contributed by atoms with E-state index in [9.17, 15) is 19.8 Å². The van der Waals surface area contributed by atoms with E-state index >= 15 is 0 Å². The molecule has 1 aliphatic heterocycles. The van der Waals surface area contributed by atoms with Crippen LogP contribution in [-0.2, 0) is 6.42 Å². The molecule has 1 aromatic carbocycles. The van der Waals surface area contributed by atoms with Crippen LogP contribution in [0.1, 0.15) is 80.2 Å². The van der Waals surface area contributed by atoms with Gasteiger partial charge in [0, 0.05) is 17.4 Å². The second-order valence-electron chi connectivity index (χ2n) is 10.1. The van der Waals surface area contributed by atoms with E-state index < -0.39 is 5.75 Å². The van der Waals surface area contributed by atoms with Gasteiger partial charge in [0.1, 0.15) is 28.9 Å². The molecule has 4 atom stereocenters. The highest BCUT2D eigenvalue weighted by Crippen LogP contribution is 2.71. The van der Waals surface area contributed by atoms with Crippen molar-refractivity contribution < 1.29 is 24.5 Å². The quantitative estimate of drug-likeness (QED) is 0.587. The number of fused-ring (bicyclic) bond motifs is 2. The minimum absolute atomic E-state index is 0.00828. The predicted octanol–water partition coefficient (Wildman–Crippen LogP) is 4.51. The van der Waals surface area contributed by atoms with E-state index in [0.717, 1.165) is 12.8 Å². The lowest BCUT2D eigenvalue weighted by Crippen LogP contribution is -2.43. The number of rotatable bonds is 4. The third-order valence-electron chi connectivity index (χ3n) is 8.23. The minimum Gasteiger partial charge on any atom is -0.507 e. The topological polar surface area (TPSA) is 83.8 Å². The molecule has 28 heavy (non-hydrogen) atoms. The number of hydrogen-bond acceptors (Lipinski definition) is 5. The molecule has 2 fully saturated rings. The van der Waals surface area contributed by atoms with Gasteiger partial charge in [-0.15, -0.1) is 0 Å². The van der Waals surface area contributed by atoms with E-state index in [-0.39, 0.29) is 57.7 Å². The maximum Gasteiger partial charge on any atom is 0.170 e. The Kier molecular flexibility index (Phi) is 4.12. The van der Waals surface area contributed by atoms with Gasteiger partial charge >= 0.3 is 0 Å². The molecule has 0 unspecified atom stereocenters. The van der Waals surface area contributed by atoms with Crippen LogP contribution in [0.5, 0.6) is 17.2 Å². The van der Waals surface area contributed by atoms with E-state index in [1.165, 1.54) is 0 Å². The van der Waals surface area contributed by atoms with E-state index in [0.29, 0.717) is 30.1 Å². The summed E-state index contributed by atoms with van der Waals surface area (Å²) in [6.45, 7) is 10.6. The summed E-state index contributed by atoms with van der Waals surface area (Å²) in [5, 5.41) is 21.7. The number of aromatic hydroxyl groups is 2. The summed E-state index contributed by atoms with van der Waals surface area (Å²) in [5.74, 6) is 0.157. The molecule has 2 aliphatic carbocycles. The molecule has 0 amide bonds. The smallest absolute Gasteiger partial charge is 0.170 e. The van der Waals surface area contributed by atoms with Crippen molar-refractivity contribution in [1.29, 1.82) is 0 Å². The monoisotopic (exact) mass is 386 g/mol. The number of Topliss-reactive ketones (excluding diaryl/α,β-unsaturated/α-hetero) is 1. The second kappa shape index (κ2) is 5.98. The molecule has 5 nitrogen and oxygen atoms in total. The number of ether oxygens (including phenoxy) is 1. The van der Waals surface area contributed by atoms with Crippen LogP contribution in [0.15, 0.2) is 0 Å². The number of benzene rings is 1. The fourth-order valence-corrected chi connectivity index (χ4v) is 6.22. The Morgan fingerprint density at radius 3 is 2.43 bits per heavy atom. The van der Waals surface area contributed by atoms with Gasteiger partial charge in [-0.2, -0.15) is 0 Å². The van der Waals surface area contributed by atoms with Crippen LogP contribution < -0.4 is 4.74 Å². The molecule has 2 saturated carbocycles. The van der Waals surface area contributed by atoms with E-state index in [4.69, 9.17) is 4.74 Å². The van der Waals surface area contributed by atoms with Crippen molar-refractivity contribution in [3.8, 4) is 17.2 Å². The molecule has 0 radical (unpaired) electrons. The fourth-order valence-electron chi connectivity index (χ4n) is 6.22. The number of hydrogen-bond donors (Lipinski definition) is 2. The standard InChI is InChI=1S/C23H30O5/c1-11(2)6-16(25)18-19(26)14-8-13-7-12-9-17(23(13,5)22(12,3)4)28-21(14)15(10-24)20(18)27/h10-13,17,26-27H,6-9H2,1-5H3/t12-,13+,17+,23-/m0/s1. The predicted molar refractivity (Wildman–Crippen MR) is 105 cm³/mol. The largest absolute Gasteiger partial charge is 0.507 e. The number of ketones is 1. The van der Waals surface area contributed by atoms with Crippen molar-refractivity contribution in [3.05, 3.63) is 16.7 Å². The van der Waals surface area contributed by atoms with Crippen LogP contribution in [0, 0.1) is 28.6 Å². The van der Waals surface area contributed by atoms with Crippen molar-refractivity contribution in [3.63, 3.8) is 0 Å². The molecule has 4 rings (SSSR count). The van der Waals surface area contributed by atoms with Crippen molar-refractivity contribution in [1.82, 2.24) is 0 Å². The Morgan fingerprint density at radius 1 is 1.18 bits per heavy atom. The normalized spacial score (nSPS) is 32.0. The summed E-state index contributed by atoms with van der Waals surface area (Å²) >= 11 is 0. The summed E-state index contributed by atoms with van der Waals surface area (Å²) in [7, 11) is 0. The first-order valence-electron chi connectivity index (χ1n) is 10.3. The SMILES string of the molecule is CC(C)CC(=O)c1c(O)c(C=O)c2c(c1O)C[C@H]1C[C@H]3C[C@@H](O2)[C@@]1(C)C3(C)C. The van der Waals surface area contributed by atoms with E-state index in [1.807, 2.05) is 13.8 Å². The summed E-state index contributed by atoms with van der Waals surface area (Å²) in [5.41, 5.74) is 0.377. The highest BCUT2D eigenvalue weighted by molar-refractivity contribution is 6.05. The molecule has 1 aromatic rings. The van der Waals surface area contributed by atoms with Gasteiger partial charge in [-0.05, 0) is 42.4 Å². The van der Waals surface area contributed by atoms with Crippen molar-refractivity contribution >= 4 is 12.1 Å². The Labute approximate surface area is 166 Å². The highest BCUT2D eigenvalue weighted by Gasteiger charge is 2.68. The zero-order valence-electron chi connectivity index (χ0n) is 17.3. The number of carbonyl (C=O) groups excluding carboxylic acids is 2. The van der Waals surface area contributed by atoms with E-state index in [2.05, 4.69) is 20.8 Å². The van der Waals surface area contributed by atoms with Crippen LogP contribution >= 0.6 is 0 Å². The van der Waals surface area contributed by atoms with Crippen LogP contribution in [0.2, 0.25) is 0 Å². The Morgan fingerprint density at radius 2 is 1.86 bits per heavy atom. The van der Waals surface area contributed by atoms with Gasteiger partial charge in [0.2, 0.25) is 0 Å². The molecule has 2 N–H and O–H groups in total. The lowest BCUT2D eigenvalue weighted by molar-refractivity contribution is -0.00105. The summed E-state index contributed by atoms with van der Waals surface area (Å²) in [4.78, 5) is 24.6. The molecule has 1 heterocycles. The molecular weight excluding hydrogens is 356 g/mol. The zero-order valence-corrected chi connectivity index (χ0v) is 17.3. The summed E-state index contributed by atoms with van der Waals surface area (Å²) < 4.78 is 6.36. The molecule has 5 heteroatoms. The van der Waals surface area contributed by atoms with Gasteiger partial charge in [0.25, 0.3) is 0 Å². The number of phenols is 2. The second-order valence-corrected chi connectivity index (χ2v) is 10.1.